The molecule has 1 atom stereocenters. The van der Waals surface area contributed by atoms with Gasteiger partial charge in [0.05, 0.1) is 18.1 Å². The first kappa shape index (κ1) is 24.2. The number of nitrogens with one attached hydrogen (secondary N) is 1. The van der Waals surface area contributed by atoms with Gasteiger partial charge in [-0.05, 0) is 62.9 Å². The Kier molecular flexibility index (Phi) is 6.67. The normalized spacial score (nSPS) is 19.6. The molecule has 2 heterocycles. The average Bonchev–Trinajstić information content (AvgIpc) is 3.11. The fourth-order valence-corrected chi connectivity index (χ4v) is 5.88. The molecule has 2 aromatic rings. The molecule has 2 aliphatic rings. The zero-order valence-corrected chi connectivity index (χ0v) is 21.0. The molecule has 0 bridgehead atoms. The molecule has 0 amide bonds. The molecule has 180 valence electrons. The van der Waals surface area contributed by atoms with Crippen molar-refractivity contribution in [3.05, 3.63) is 74.0 Å². The summed E-state index contributed by atoms with van der Waals surface area (Å²) in [5.74, 6) is -0.550. The third kappa shape index (κ3) is 4.80. The molecule has 0 unspecified atom stereocenters. The van der Waals surface area contributed by atoms with Crippen LogP contribution in [0.15, 0.2) is 52.9 Å². The van der Waals surface area contributed by atoms with Crippen LogP contribution >= 0.6 is 11.3 Å². The highest BCUT2D eigenvalue weighted by molar-refractivity contribution is 7.12. The van der Waals surface area contributed by atoms with Gasteiger partial charge in [-0.3, -0.25) is 4.79 Å². The van der Waals surface area contributed by atoms with Gasteiger partial charge in [0.15, 0.2) is 5.78 Å². The van der Waals surface area contributed by atoms with Crippen molar-refractivity contribution in [1.29, 1.82) is 0 Å². The second kappa shape index (κ2) is 9.37. The molecule has 1 aliphatic heterocycles. The molecule has 5 nitrogen and oxygen atoms in total. The molecular formula is C27H30FNO4S. The van der Waals surface area contributed by atoms with Gasteiger partial charge in [-0.1, -0.05) is 13.8 Å². The molecule has 0 saturated carbocycles. The van der Waals surface area contributed by atoms with Gasteiger partial charge in [0.25, 0.3) is 0 Å². The van der Waals surface area contributed by atoms with Crippen LogP contribution in [0.4, 0.5) is 4.39 Å². The lowest BCUT2D eigenvalue weighted by Crippen LogP contribution is -2.38. The highest BCUT2D eigenvalue weighted by Crippen LogP contribution is 2.48. The summed E-state index contributed by atoms with van der Waals surface area (Å²) >= 11 is 1.56. The summed E-state index contributed by atoms with van der Waals surface area (Å²) < 4.78 is 24.4. The number of esters is 1. The molecule has 0 radical (unpaired) electrons. The number of halogens is 1. The van der Waals surface area contributed by atoms with Crippen LogP contribution in [0.3, 0.4) is 0 Å². The molecule has 34 heavy (non-hydrogen) atoms. The second-order valence-electron chi connectivity index (χ2n) is 9.62. The first-order valence-corrected chi connectivity index (χ1v) is 12.3. The van der Waals surface area contributed by atoms with Gasteiger partial charge in [-0.2, -0.15) is 0 Å². The smallest absolute Gasteiger partial charge is 0.336 e. The van der Waals surface area contributed by atoms with E-state index in [0.29, 0.717) is 29.9 Å². The number of hydrogen-bond acceptors (Lipinski definition) is 6. The number of rotatable bonds is 6. The Morgan fingerprint density at radius 2 is 1.91 bits per heavy atom. The number of Topliss-reactive ketones (excluding diaryl/α,β-unsaturated/α-hetero) is 1. The maximum absolute atomic E-state index is 13.4. The molecule has 0 fully saturated rings. The van der Waals surface area contributed by atoms with Crippen molar-refractivity contribution >= 4 is 23.1 Å². The van der Waals surface area contributed by atoms with E-state index in [1.165, 1.54) is 12.1 Å². The van der Waals surface area contributed by atoms with E-state index in [2.05, 4.69) is 19.2 Å². The molecule has 4 rings (SSSR count). The van der Waals surface area contributed by atoms with Crippen molar-refractivity contribution < 1.29 is 23.5 Å². The zero-order valence-electron chi connectivity index (χ0n) is 20.2. The first-order chi connectivity index (χ1) is 16.1. The van der Waals surface area contributed by atoms with Crippen molar-refractivity contribution in [2.24, 2.45) is 5.41 Å². The van der Waals surface area contributed by atoms with E-state index < -0.39 is 11.9 Å². The maximum Gasteiger partial charge on any atom is 0.336 e. The number of aryl methyl sites for hydroxylation is 1. The summed E-state index contributed by atoms with van der Waals surface area (Å²) in [6.45, 7) is 10.4. The Balaban J connectivity index is 1.72. The lowest BCUT2D eigenvalue weighted by Gasteiger charge is -2.39. The molecule has 7 heteroatoms. The third-order valence-electron chi connectivity index (χ3n) is 6.27. The van der Waals surface area contributed by atoms with Crippen LogP contribution in [-0.4, -0.2) is 18.4 Å². The Hall–Kier alpha value is -2.93. The van der Waals surface area contributed by atoms with Crippen LogP contribution in [-0.2, 0) is 20.9 Å². The molecule has 1 aromatic heterocycles. The van der Waals surface area contributed by atoms with E-state index in [-0.39, 0.29) is 23.6 Å². The van der Waals surface area contributed by atoms with Crippen LogP contribution in [0.25, 0.3) is 0 Å². The van der Waals surface area contributed by atoms with Crippen LogP contribution in [0, 0.1) is 18.2 Å². The number of dihydropyridines is 1. The van der Waals surface area contributed by atoms with Crippen LogP contribution < -0.4 is 10.1 Å². The predicted molar refractivity (Wildman–Crippen MR) is 130 cm³/mol. The van der Waals surface area contributed by atoms with Gasteiger partial charge in [0, 0.05) is 38.7 Å². The third-order valence-corrected chi connectivity index (χ3v) is 7.42. The lowest BCUT2D eigenvalue weighted by atomic mass is 9.70. The summed E-state index contributed by atoms with van der Waals surface area (Å²) in [4.78, 5) is 28.4. The van der Waals surface area contributed by atoms with E-state index in [4.69, 9.17) is 9.47 Å². The first-order valence-electron chi connectivity index (χ1n) is 11.5. The number of benzene rings is 1. The standard InChI is InChI=1S/C27H30FNO4S/c1-6-32-26(31)23-15(2)29-20-12-27(4,5)13-21(30)24(20)25(23)22-11-17(16(3)34-22)14-33-19-9-7-18(28)8-10-19/h7-11,25,29H,6,12-14H2,1-5H3/t25-/m0/s1. The minimum absolute atomic E-state index is 0.0632. The molecule has 1 N–H and O–H groups in total. The molecule has 0 saturated heterocycles. The Morgan fingerprint density at radius 1 is 1.21 bits per heavy atom. The topological polar surface area (TPSA) is 64.6 Å². The highest BCUT2D eigenvalue weighted by Gasteiger charge is 2.43. The number of hydrogen-bond donors (Lipinski definition) is 1. The van der Waals surface area contributed by atoms with E-state index in [0.717, 1.165) is 33.1 Å². The van der Waals surface area contributed by atoms with Crippen LogP contribution in [0.5, 0.6) is 5.75 Å². The van der Waals surface area contributed by atoms with Gasteiger partial charge in [-0.15, -0.1) is 11.3 Å². The summed E-state index contributed by atoms with van der Waals surface area (Å²) in [7, 11) is 0. The summed E-state index contributed by atoms with van der Waals surface area (Å²) in [5, 5.41) is 3.35. The van der Waals surface area contributed by atoms with Crippen LogP contribution in [0.2, 0.25) is 0 Å². The number of carbonyl (C=O) groups excluding carboxylic acids is 2. The predicted octanol–water partition coefficient (Wildman–Crippen LogP) is 5.94. The van der Waals surface area contributed by atoms with E-state index in [1.54, 1.807) is 30.4 Å². The highest BCUT2D eigenvalue weighted by atomic mass is 32.1. The summed E-state index contributed by atoms with van der Waals surface area (Å²) in [5.41, 5.74) is 3.60. The van der Waals surface area contributed by atoms with E-state index in [1.807, 2.05) is 19.9 Å². The Morgan fingerprint density at radius 3 is 2.59 bits per heavy atom. The average molecular weight is 484 g/mol. The van der Waals surface area contributed by atoms with E-state index in [9.17, 15) is 14.0 Å². The van der Waals surface area contributed by atoms with Crippen molar-refractivity contribution in [2.45, 2.75) is 60.0 Å². The Bertz CT molecular complexity index is 1190. The number of ether oxygens (including phenoxy) is 2. The molecule has 0 spiro atoms. The van der Waals surface area contributed by atoms with Gasteiger partial charge in [0.1, 0.15) is 18.2 Å². The van der Waals surface area contributed by atoms with Crippen molar-refractivity contribution in [2.75, 3.05) is 6.61 Å². The zero-order chi connectivity index (χ0) is 24.6. The number of carbonyl (C=O) groups is 2. The van der Waals surface area contributed by atoms with Gasteiger partial charge in [0.2, 0.25) is 0 Å². The number of ketones is 1. The molecule has 1 aromatic carbocycles. The van der Waals surface area contributed by atoms with Crippen LogP contribution in [0.1, 0.15) is 61.8 Å². The molecular weight excluding hydrogens is 453 g/mol. The summed E-state index contributed by atoms with van der Waals surface area (Å²) in [6.07, 6.45) is 1.17. The van der Waals surface area contributed by atoms with Crippen molar-refractivity contribution in [3.63, 3.8) is 0 Å². The Labute approximate surface area is 203 Å². The van der Waals surface area contributed by atoms with Gasteiger partial charge in [-0.25, -0.2) is 9.18 Å². The largest absolute Gasteiger partial charge is 0.489 e. The fraction of sp³-hybridized carbons (Fsp3) is 0.407. The number of allylic oxidation sites excluding steroid dienone is 3. The van der Waals surface area contributed by atoms with Crippen molar-refractivity contribution in [3.8, 4) is 5.75 Å². The van der Waals surface area contributed by atoms with E-state index >= 15 is 0 Å². The van der Waals surface area contributed by atoms with Gasteiger partial charge >= 0.3 is 5.97 Å². The quantitative estimate of drug-likeness (QED) is 0.515. The lowest BCUT2D eigenvalue weighted by molar-refractivity contribution is -0.138. The number of thiophene rings is 1. The SMILES string of the molecule is CCOC(=O)C1=C(C)NC2=C(C(=O)CC(C)(C)C2)[C@H]1c1cc(COc2ccc(F)cc2)c(C)s1. The minimum Gasteiger partial charge on any atom is -0.489 e. The minimum atomic E-state index is -0.470. The second-order valence-corrected chi connectivity index (χ2v) is 10.9. The maximum atomic E-state index is 13.4. The molecule has 1 aliphatic carbocycles. The van der Waals surface area contributed by atoms with Gasteiger partial charge < -0.3 is 14.8 Å². The summed E-state index contributed by atoms with van der Waals surface area (Å²) in [6, 6.07) is 7.92. The fourth-order valence-electron chi connectivity index (χ4n) is 4.72. The monoisotopic (exact) mass is 483 g/mol. The van der Waals surface area contributed by atoms with Crippen molar-refractivity contribution in [1.82, 2.24) is 5.32 Å².